The molecule has 0 amide bonds. The summed E-state index contributed by atoms with van der Waals surface area (Å²) in [6.07, 6.45) is 0. The van der Waals surface area contributed by atoms with Gasteiger partial charge in [-0.25, -0.2) is 4.79 Å². The third-order valence-corrected chi connectivity index (χ3v) is 3.56. The summed E-state index contributed by atoms with van der Waals surface area (Å²) in [4.78, 5) is 23.7. The third kappa shape index (κ3) is 2.29. The quantitative estimate of drug-likeness (QED) is 0.894. The summed E-state index contributed by atoms with van der Waals surface area (Å²) in [6, 6.07) is 4.76. The lowest BCUT2D eigenvalue weighted by molar-refractivity contribution is 0.0693. The lowest BCUT2D eigenvalue weighted by Gasteiger charge is -2.16. The minimum atomic E-state index is -1.25. The monoisotopic (exact) mass is 305 g/mol. The predicted octanol–water partition coefficient (Wildman–Crippen LogP) is 1.12. The molecule has 0 saturated heterocycles. The molecule has 0 saturated carbocycles. The summed E-state index contributed by atoms with van der Waals surface area (Å²) < 4.78 is 17.7. The van der Waals surface area contributed by atoms with Crippen LogP contribution in [0.25, 0.3) is 10.9 Å². The van der Waals surface area contributed by atoms with Crippen LogP contribution in [0.5, 0.6) is 11.5 Å². The molecule has 0 unspecified atom stereocenters. The number of pyridine rings is 1. The van der Waals surface area contributed by atoms with Gasteiger partial charge in [0.1, 0.15) is 12.2 Å². The van der Waals surface area contributed by atoms with Crippen LogP contribution < -0.4 is 15.0 Å². The first-order chi connectivity index (χ1) is 10.6. The van der Waals surface area contributed by atoms with E-state index in [2.05, 4.69) is 0 Å². The predicted molar refractivity (Wildman–Crippen MR) is 78.0 cm³/mol. The maximum absolute atomic E-state index is 12.4. The van der Waals surface area contributed by atoms with Crippen LogP contribution in [-0.2, 0) is 11.3 Å². The van der Waals surface area contributed by atoms with Crippen LogP contribution in [0, 0.1) is 0 Å². The molecule has 1 aromatic carbocycles. The molecule has 116 valence electrons. The number of hydrogen-bond donors (Lipinski definition) is 1. The molecule has 1 N–H and O–H groups in total. The second-order valence-corrected chi connectivity index (χ2v) is 4.82. The van der Waals surface area contributed by atoms with Crippen molar-refractivity contribution in [3.8, 4) is 11.5 Å². The Morgan fingerprint density at radius 3 is 2.86 bits per heavy atom. The first-order valence-corrected chi connectivity index (χ1v) is 6.82. The highest BCUT2D eigenvalue weighted by Crippen LogP contribution is 2.35. The molecule has 0 bridgehead atoms. The first kappa shape index (κ1) is 14.4. The minimum Gasteiger partial charge on any atom is -0.493 e. The second kappa shape index (κ2) is 5.69. The summed E-state index contributed by atoms with van der Waals surface area (Å²) in [5, 5.41) is 9.82. The molecule has 0 aliphatic carbocycles. The molecule has 22 heavy (non-hydrogen) atoms. The molecule has 0 atom stereocenters. The molecule has 1 aliphatic heterocycles. The van der Waals surface area contributed by atoms with E-state index < -0.39 is 11.5 Å². The number of aromatic nitrogens is 1. The lowest BCUT2D eigenvalue weighted by atomic mass is 10.1. The maximum Gasteiger partial charge on any atom is 0.341 e. The Labute approximate surface area is 125 Å². The fourth-order valence-corrected chi connectivity index (χ4v) is 2.55. The van der Waals surface area contributed by atoms with Gasteiger partial charge in [0, 0.05) is 11.9 Å². The highest BCUT2D eigenvalue weighted by atomic mass is 16.5. The molecule has 2 aromatic rings. The minimum absolute atomic E-state index is 0.250. The van der Waals surface area contributed by atoms with Crippen LogP contribution in [0.3, 0.4) is 0 Å². The summed E-state index contributed by atoms with van der Waals surface area (Å²) in [6.45, 7) is 1.26. The lowest BCUT2D eigenvalue weighted by Crippen LogP contribution is -2.28. The molecule has 7 nitrogen and oxygen atoms in total. The maximum atomic E-state index is 12.4. The standard InChI is InChI=1S/C15H15NO6/c1-20-11-3-2-9-8-10(15(18)19)14(17)16-4-5-21-6-7-22-13(11)12(9)16/h2-3,8H,4-7H2,1H3,(H,18,19). The average Bonchev–Trinajstić information content (AvgIpc) is 2.61. The van der Waals surface area contributed by atoms with Gasteiger partial charge < -0.3 is 23.9 Å². The number of carbonyl (C=O) groups is 1. The molecule has 0 radical (unpaired) electrons. The van der Waals surface area contributed by atoms with E-state index in [0.29, 0.717) is 42.2 Å². The Morgan fingerprint density at radius 2 is 2.14 bits per heavy atom. The Morgan fingerprint density at radius 1 is 1.32 bits per heavy atom. The van der Waals surface area contributed by atoms with Crippen molar-refractivity contribution in [1.82, 2.24) is 4.57 Å². The van der Waals surface area contributed by atoms with Crippen LogP contribution in [0.2, 0.25) is 0 Å². The van der Waals surface area contributed by atoms with Crippen molar-refractivity contribution in [2.75, 3.05) is 26.9 Å². The number of carboxylic acids is 1. The van der Waals surface area contributed by atoms with E-state index in [1.165, 1.54) is 17.7 Å². The summed E-state index contributed by atoms with van der Waals surface area (Å²) >= 11 is 0. The Balaban J connectivity index is 2.41. The van der Waals surface area contributed by atoms with Crippen LogP contribution >= 0.6 is 0 Å². The molecule has 0 spiro atoms. The highest BCUT2D eigenvalue weighted by molar-refractivity contribution is 5.95. The van der Waals surface area contributed by atoms with Gasteiger partial charge in [0.2, 0.25) is 0 Å². The summed E-state index contributed by atoms with van der Waals surface area (Å²) in [5.41, 5.74) is -0.327. The molecular formula is C15H15NO6. The highest BCUT2D eigenvalue weighted by Gasteiger charge is 2.20. The SMILES string of the molecule is COc1ccc2cc(C(=O)O)c(=O)n3c2c1OCCOCC3. The number of methoxy groups -OCH3 is 1. The van der Waals surface area contributed by atoms with Crippen molar-refractivity contribution >= 4 is 16.9 Å². The van der Waals surface area contributed by atoms with E-state index in [4.69, 9.17) is 14.2 Å². The fourth-order valence-electron chi connectivity index (χ4n) is 2.55. The molecule has 1 aromatic heterocycles. The number of ether oxygens (including phenoxy) is 3. The summed E-state index contributed by atoms with van der Waals surface area (Å²) in [5.74, 6) is -0.333. The summed E-state index contributed by atoms with van der Waals surface area (Å²) in [7, 11) is 1.51. The second-order valence-electron chi connectivity index (χ2n) is 4.82. The van der Waals surface area contributed by atoms with Gasteiger partial charge in [0.05, 0.1) is 25.8 Å². The Kier molecular flexibility index (Phi) is 3.72. The first-order valence-electron chi connectivity index (χ1n) is 6.82. The zero-order valence-electron chi connectivity index (χ0n) is 12.0. The fraction of sp³-hybridized carbons (Fsp3) is 0.333. The molecule has 7 heteroatoms. The Bertz CT molecular complexity index is 795. The number of nitrogens with zero attached hydrogens (tertiary/aromatic N) is 1. The number of carboxylic acid groups (broad SMARTS) is 1. The van der Waals surface area contributed by atoms with E-state index in [1.807, 2.05) is 0 Å². The van der Waals surface area contributed by atoms with Gasteiger partial charge in [-0.2, -0.15) is 0 Å². The number of benzene rings is 1. The third-order valence-electron chi connectivity index (χ3n) is 3.56. The molecule has 3 rings (SSSR count). The molecular weight excluding hydrogens is 290 g/mol. The van der Waals surface area contributed by atoms with Gasteiger partial charge in [-0.15, -0.1) is 0 Å². The van der Waals surface area contributed by atoms with E-state index in [0.717, 1.165) is 0 Å². The smallest absolute Gasteiger partial charge is 0.341 e. The van der Waals surface area contributed by atoms with E-state index in [1.54, 1.807) is 12.1 Å². The van der Waals surface area contributed by atoms with Gasteiger partial charge in [-0.1, -0.05) is 0 Å². The van der Waals surface area contributed by atoms with Crippen molar-refractivity contribution in [3.05, 3.63) is 34.1 Å². The zero-order chi connectivity index (χ0) is 15.7. The van der Waals surface area contributed by atoms with Crippen LogP contribution in [-0.4, -0.2) is 42.6 Å². The van der Waals surface area contributed by atoms with Crippen LogP contribution in [0.1, 0.15) is 10.4 Å². The van der Waals surface area contributed by atoms with Gasteiger partial charge in [-0.3, -0.25) is 4.79 Å². The van der Waals surface area contributed by atoms with Gasteiger partial charge >= 0.3 is 5.97 Å². The molecule has 2 heterocycles. The largest absolute Gasteiger partial charge is 0.493 e. The number of hydrogen-bond acceptors (Lipinski definition) is 5. The van der Waals surface area contributed by atoms with E-state index >= 15 is 0 Å². The topological polar surface area (TPSA) is 87.0 Å². The number of rotatable bonds is 2. The van der Waals surface area contributed by atoms with Crippen molar-refractivity contribution < 1.29 is 24.1 Å². The molecule has 1 aliphatic rings. The number of aromatic carboxylic acids is 1. The van der Waals surface area contributed by atoms with Gasteiger partial charge in [0.25, 0.3) is 5.56 Å². The van der Waals surface area contributed by atoms with Gasteiger partial charge in [-0.05, 0) is 18.2 Å². The normalized spacial score (nSPS) is 14.6. The van der Waals surface area contributed by atoms with E-state index in [-0.39, 0.29) is 12.1 Å². The van der Waals surface area contributed by atoms with Crippen molar-refractivity contribution in [2.45, 2.75) is 6.54 Å². The molecule has 0 fully saturated rings. The van der Waals surface area contributed by atoms with Crippen molar-refractivity contribution in [2.24, 2.45) is 0 Å². The van der Waals surface area contributed by atoms with Crippen LogP contribution in [0.15, 0.2) is 23.0 Å². The Hall–Kier alpha value is -2.54. The van der Waals surface area contributed by atoms with Gasteiger partial charge in [0.15, 0.2) is 11.5 Å². The average molecular weight is 305 g/mol. The van der Waals surface area contributed by atoms with Crippen molar-refractivity contribution in [3.63, 3.8) is 0 Å². The zero-order valence-corrected chi connectivity index (χ0v) is 12.0. The van der Waals surface area contributed by atoms with Crippen LogP contribution in [0.4, 0.5) is 0 Å². The van der Waals surface area contributed by atoms with Crippen molar-refractivity contribution in [1.29, 1.82) is 0 Å². The van der Waals surface area contributed by atoms with E-state index in [9.17, 15) is 14.7 Å².